The summed E-state index contributed by atoms with van der Waals surface area (Å²) in [6, 6.07) is 6.29. The molecule has 1 saturated heterocycles. The van der Waals surface area contributed by atoms with E-state index in [1.807, 2.05) is 19.1 Å². The van der Waals surface area contributed by atoms with Gasteiger partial charge >= 0.3 is 5.97 Å². The highest BCUT2D eigenvalue weighted by Crippen LogP contribution is 2.40. The minimum absolute atomic E-state index is 0.145. The summed E-state index contributed by atoms with van der Waals surface area (Å²) in [7, 11) is 0. The quantitative estimate of drug-likeness (QED) is 0.704. The Labute approximate surface area is 106 Å². The Balaban J connectivity index is 2.06. The highest BCUT2D eigenvalue weighted by atomic mass is 16.4. The zero-order valence-electron chi connectivity index (χ0n) is 10.4. The number of rotatable bonds is 1. The maximum Gasteiger partial charge on any atom is 0.311 e. The standard InChI is InChI=1S/C14H18N2O2/c1-8-2-3-9-12(6-8)16-11-4-5-15-7-10(11)13(9)14(17)18/h2-3,6,10-11,13,15-16H,4-5,7H2,1H3,(H,17,18). The second kappa shape index (κ2) is 4.28. The summed E-state index contributed by atoms with van der Waals surface area (Å²) in [6.45, 7) is 3.77. The monoisotopic (exact) mass is 246 g/mol. The van der Waals surface area contributed by atoms with Crippen molar-refractivity contribution in [3.05, 3.63) is 29.3 Å². The van der Waals surface area contributed by atoms with Gasteiger partial charge in [0.25, 0.3) is 0 Å². The molecule has 3 unspecified atom stereocenters. The fraction of sp³-hybridized carbons (Fsp3) is 0.500. The highest BCUT2D eigenvalue weighted by Gasteiger charge is 2.41. The molecule has 0 amide bonds. The van der Waals surface area contributed by atoms with Gasteiger partial charge in [-0.2, -0.15) is 0 Å². The SMILES string of the molecule is Cc1ccc2c(c1)NC1CCNCC1C2C(=O)O. The number of fused-ring (bicyclic) bond motifs is 2. The zero-order chi connectivity index (χ0) is 12.7. The molecule has 0 radical (unpaired) electrons. The van der Waals surface area contributed by atoms with Gasteiger partial charge in [-0.25, -0.2) is 0 Å². The van der Waals surface area contributed by atoms with Crippen LogP contribution in [0.5, 0.6) is 0 Å². The Morgan fingerprint density at radius 1 is 1.44 bits per heavy atom. The van der Waals surface area contributed by atoms with Gasteiger partial charge < -0.3 is 15.7 Å². The number of hydrogen-bond acceptors (Lipinski definition) is 3. The first kappa shape index (κ1) is 11.5. The van der Waals surface area contributed by atoms with Crippen LogP contribution >= 0.6 is 0 Å². The Bertz CT molecular complexity index is 487. The van der Waals surface area contributed by atoms with Crippen LogP contribution < -0.4 is 10.6 Å². The number of hydrogen-bond donors (Lipinski definition) is 3. The first-order valence-electron chi connectivity index (χ1n) is 6.47. The molecule has 0 saturated carbocycles. The lowest BCUT2D eigenvalue weighted by molar-refractivity contribution is -0.140. The number of carboxylic acid groups (broad SMARTS) is 1. The fourth-order valence-electron chi connectivity index (χ4n) is 3.22. The minimum Gasteiger partial charge on any atom is -0.481 e. The second-order valence-corrected chi connectivity index (χ2v) is 5.31. The van der Waals surface area contributed by atoms with Crippen molar-refractivity contribution in [3.63, 3.8) is 0 Å². The number of carbonyl (C=O) groups is 1. The van der Waals surface area contributed by atoms with Crippen LogP contribution in [0, 0.1) is 12.8 Å². The molecule has 3 N–H and O–H groups in total. The van der Waals surface area contributed by atoms with Crippen molar-refractivity contribution in [2.75, 3.05) is 18.4 Å². The molecule has 2 heterocycles. The second-order valence-electron chi connectivity index (χ2n) is 5.31. The van der Waals surface area contributed by atoms with E-state index in [4.69, 9.17) is 0 Å². The molecule has 2 aliphatic rings. The first-order valence-corrected chi connectivity index (χ1v) is 6.47. The largest absolute Gasteiger partial charge is 0.481 e. The molecule has 4 heteroatoms. The lowest BCUT2D eigenvalue weighted by atomic mass is 9.74. The average molecular weight is 246 g/mol. The van der Waals surface area contributed by atoms with Gasteiger partial charge in [0.05, 0.1) is 5.92 Å². The van der Waals surface area contributed by atoms with Gasteiger partial charge in [-0.15, -0.1) is 0 Å². The third kappa shape index (κ3) is 1.77. The highest BCUT2D eigenvalue weighted by molar-refractivity contribution is 5.81. The minimum atomic E-state index is -0.708. The molecule has 0 spiro atoms. The number of nitrogens with one attached hydrogen (secondary N) is 2. The van der Waals surface area contributed by atoms with Crippen molar-refractivity contribution in [1.82, 2.24) is 5.32 Å². The maximum absolute atomic E-state index is 11.6. The molecule has 2 aliphatic heterocycles. The summed E-state index contributed by atoms with van der Waals surface area (Å²) >= 11 is 0. The maximum atomic E-state index is 11.6. The number of aryl methyl sites for hydroxylation is 1. The van der Waals surface area contributed by atoms with Gasteiger partial charge in [0.1, 0.15) is 0 Å². The van der Waals surface area contributed by atoms with Crippen LogP contribution in [-0.4, -0.2) is 30.2 Å². The van der Waals surface area contributed by atoms with Crippen molar-refractivity contribution < 1.29 is 9.90 Å². The predicted octanol–water partition coefficient (Wildman–Crippen LogP) is 1.57. The summed E-state index contributed by atoms with van der Waals surface area (Å²) in [6.07, 6.45) is 0.988. The normalized spacial score (nSPS) is 29.9. The van der Waals surface area contributed by atoms with Crippen LogP contribution in [0.4, 0.5) is 5.69 Å². The van der Waals surface area contributed by atoms with E-state index in [1.54, 1.807) is 0 Å². The van der Waals surface area contributed by atoms with Gasteiger partial charge in [0, 0.05) is 24.2 Å². The molecule has 4 nitrogen and oxygen atoms in total. The molecule has 18 heavy (non-hydrogen) atoms. The number of benzene rings is 1. The molecule has 3 rings (SSSR count). The Kier molecular flexibility index (Phi) is 2.74. The Hall–Kier alpha value is -1.55. The number of carboxylic acids is 1. The van der Waals surface area contributed by atoms with E-state index in [0.29, 0.717) is 0 Å². The van der Waals surface area contributed by atoms with Crippen LogP contribution in [0.3, 0.4) is 0 Å². The van der Waals surface area contributed by atoms with Crippen molar-refractivity contribution in [3.8, 4) is 0 Å². The van der Waals surface area contributed by atoms with Gasteiger partial charge in [-0.3, -0.25) is 4.79 Å². The van der Waals surface area contributed by atoms with E-state index in [-0.39, 0.29) is 17.9 Å². The molecule has 3 atom stereocenters. The van der Waals surface area contributed by atoms with Gasteiger partial charge in [-0.05, 0) is 37.1 Å². The van der Waals surface area contributed by atoms with Crippen LogP contribution in [0.25, 0.3) is 0 Å². The molecular formula is C14H18N2O2. The summed E-state index contributed by atoms with van der Waals surface area (Å²) in [4.78, 5) is 11.6. The number of anilines is 1. The van der Waals surface area contributed by atoms with Crippen molar-refractivity contribution >= 4 is 11.7 Å². The lowest BCUT2D eigenvalue weighted by Gasteiger charge is -2.42. The zero-order valence-corrected chi connectivity index (χ0v) is 10.4. The molecule has 1 aromatic rings. The van der Waals surface area contributed by atoms with Crippen LogP contribution in [0.2, 0.25) is 0 Å². The topological polar surface area (TPSA) is 61.4 Å². The summed E-state index contributed by atoms with van der Waals surface area (Å²) in [5.74, 6) is -0.952. The summed E-state index contributed by atoms with van der Waals surface area (Å²) in [5.41, 5.74) is 3.10. The van der Waals surface area contributed by atoms with Crippen LogP contribution in [-0.2, 0) is 4.79 Å². The van der Waals surface area contributed by atoms with Crippen LogP contribution in [0.1, 0.15) is 23.5 Å². The number of aliphatic carboxylic acids is 1. The smallest absolute Gasteiger partial charge is 0.311 e. The van der Waals surface area contributed by atoms with Gasteiger partial charge in [0.2, 0.25) is 0 Å². The Morgan fingerprint density at radius 2 is 2.28 bits per heavy atom. The van der Waals surface area contributed by atoms with Gasteiger partial charge in [0.15, 0.2) is 0 Å². The number of piperidine rings is 1. The third-order valence-corrected chi connectivity index (χ3v) is 4.11. The van der Waals surface area contributed by atoms with E-state index < -0.39 is 5.97 Å². The van der Waals surface area contributed by atoms with E-state index in [2.05, 4.69) is 16.7 Å². The van der Waals surface area contributed by atoms with Crippen LogP contribution in [0.15, 0.2) is 18.2 Å². The Morgan fingerprint density at radius 3 is 3.06 bits per heavy atom. The molecule has 1 fully saturated rings. The van der Waals surface area contributed by atoms with Crippen molar-refractivity contribution in [1.29, 1.82) is 0 Å². The fourth-order valence-corrected chi connectivity index (χ4v) is 3.22. The molecular weight excluding hydrogens is 228 g/mol. The van der Waals surface area contributed by atoms with E-state index >= 15 is 0 Å². The van der Waals surface area contributed by atoms with Crippen molar-refractivity contribution in [2.45, 2.75) is 25.3 Å². The van der Waals surface area contributed by atoms with E-state index in [0.717, 1.165) is 36.3 Å². The molecule has 0 bridgehead atoms. The molecule has 96 valence electrons. The summed E-state index contributed by atoms with van der Waals surface area (Å²) in [5, 5.41) is 16.4. The lowest BCUT2D eigenvalue weighted by Crippen LogP contribution is -2.50. The molecule has 0 aromatic heterocycles. The van der Waals surface area contributed by atoms with Gasteiger partial charge in [-0.1, -0.05) is 12.1 Å². The van der Waals surface area contributed by atoms with E-state index in [1.165, 1.54) is 0 Å². The predicted molar refractivity (Wildman–Crippen MR) is 69.9 cm³/mol. The average Bonchev–Trinajstić information content (AvgIpc) is 2.35. The summed E-state index contributed by atoms with van der Waals surface area (Å²) < 4.78 is 0. The first-order chi connectivity index (χ1) is 8.66. The van der Waals surface area contributed by atoms with Crippen molar-refractivity contribution in [2.24, 2.45) is 5.92 Å². The van der Waals surface area contributed by atoms with E-state index in [9.17, 15) is 9.90 Å². The molecule has 0 aliphatic carbocycles. The third-order valence-electron chi connectivity index (χ3n) is 4.11. The molecule has 1 aromatic carbocycles.